The first-order valence-electron chi connectivity index (χ1n) is 6.59. The molecule has 0 spiro atoms. The van der Waals surface area contributed by atoms with Gasteiger partial charge in [0.15, 0.2) is 0 Å². The van der Waals surface area contributed by atoms with Crippen LogP contribution in [0.3, 0.4) is 0 Å². The molecule has 1 atom stereocenters. The van der Waals surface area contributed by atoms with Crippen LogP contribution in [-0.2, 0) is 9.59 Å². The Kier molecular flexibility index (Phi) is 5.98. The van der Waals surface area contributed by atoms with E-state index in [2.05, 4.69) is 5.32 Å². The van der Waals surface area contributed by atoms with Crippen LogP contribution in [0, 0.1) is 0 Å². The summed E-state index contributed by atoms with van der Waals surface area (Å²) in [5.41, 5.74) is 7.10. The number of carbonyl (C=O) groups excluding carboxylic acids is 2. The summed E-state index contributed by atoms with van der Waals surface area (Å²) in [7, 11) is 0. The van der Waals surface area contributed by atoms with Crippen molar-refractivity contribution in [1.82, 2.24) is 0 Å². The predicted octanol–water partition coefficient (Wildman–Crippen LogP) is 1.91. The normalized spacial score (nSPS) is 15.7. The molecule has 1 aliphatic heterocycles. The predicted molar refractivity (Wildman–Crippen MR) is 82.2 cm³/mol. The van der Waals surface area contributed by atoms with Crippen LogP contribution in [-0.4, -0.2) is 24.4 Å². The quantitative estimate of drug-likeness (QED) is 0.891. The molecule has 3 N–H and O–H groups in total. The number of carbonyl (C=O) groups is 2. The molecule has 1 aromatic rings. The van der Waals surface area contributed by atoms with Gasteiger partial charge in [-0.3, -0.25) is 9.59 Å². The third-order valence-corrected chi connectivity index (χ3v) is 3.30. The van der Waals surface area contributed by atoms with E-state index in [1.165, 1.54) is 0 Å². The zero-order chi connectivity index (χ0) is 13.8. The van der Waals surface area contributed by atoms with Gasteiger partial charge in [0.2, 0.25) is 11.8 Å². The summed E-state index contributed by atoms with van der Waals surface area (Å²) in [6.45, 7) is 2.56. The maximum absolute atomic E-state index is 11.9. The zero-order valence-electron chi connectivity index (χ0n) is 11.5. The number of halogens is 1. The Morgan fingerprint density at radius 2 is 2.15 bits per heavy atom. The van der Waals surface area contributed by atoms with Gasteiger partial charge in [-0.15, -0.1) is 12.4 Å². The molecule has 1 heterocycles. The average molecular weight is 298 g/mol. The van der Waals surface area contributed by atoms with Crippen molar-refractivity contribution in [2.24, 2.45) is 5.73 Å². The monoisotopic (exact) mass is 297 g/mol. The molecule has 2 amide bonds. The number of anilines is 2. The first-order chi connectivity index (χ1) is 9.13. The third kappa shape index (κ3) is 3.49. The van der Waals surface area contributed by atoms with Crippen molar-refractivity contribution in [3.63, 3.8) is 0 Å². The summed E-state index contributed by atoms with van der Waals surface area (Å²) < 4.78 is 0. The molecule has 6 heteroatoms. The van der Waals surface area contributed by atoms with Gasteiger partial charge in [-0.2, -0.15) is 0 Å². The van der Waals surface area contributed by atoms with Crippen molar-refractivity contribution in [3.05, 3.63) is 24.3 Å². The topological polar surface area (TPSA) is 75.4 Å². The number of nitrogens with zero attached hydrogens (tertiary/aromatic N) is 1. The summed E-state index contributed by atoms with van der Waals surface area (Å²) in [4.78, 5) is 25.4. The van der Waals surface area contributed by atoms with E-state index in [1.807, 2.05) is 25.1 Å². The van der Waals surface area contributed by atoms with Crippen molar-refractivity contribution in [1.29, 1.82) is 0 Å². The van der Waals surface area contributed by atoms with Crippen LogP contribution in [0.15, 0.2) is 24.3 Å². The highest BCUT2D eigenvalue weighted by molar-refractivity contribution is 6.03. The van der Waals surface area contributed by atoms with Crippen molar-refractivity contribution in [2.75, 3.05) is 16.8 Å². The highest BCUT2D eigenvalue weighted by atomic mass is 35.5. The summed E-state index contributed by atoms with van der Waals surface area (Å²) in [5.74, 6) is -0.122. The number of rotatable bonds is 4. The first-order valence-corrected chi connectivity index (χ1v) is 6.59. The Bertz CT molecular complexity index is 493. The molecule has 0 aromatic heterocycles. The zero-order valence-corrected chi connectivity index (χ0v) is 12.3. The molecule has 0 aliphatic carbocycles. The number of amides is 2. The molecular formula is C14H20ClN3O2. The van der Waals surface area contributed by atoms with Crippen molar-refractivity contribution in [2.45, 2.75) is 32.2 Å². The lowest BCUT2D eigenvalue weighted by atomic mass is 10.2. The number of benzene rings is 1. The Labute approximate surface area is 124 Å². The van der Waals surface area contributed by atoms with E-state index in [0.29, 0.717) is 25.1 Å². The average Bonchev–Trinajstić information content (AvgIpc) is 2.84. The Morgan fingerprint density at radius 3 is 2.75 bits per heavy atom. The van der Waals surface area contributed by atoms with E-state index < -0.39 is 6.04 Å². The lowest BCUT2D eigenvalue weighted by Crippen LogP contribution is -2.35. The number of nitrogens with one attached hydrogen (secondary N) is 1. The first kappa shape index (κ1) is 16.5. The number of nitrogens with two attached hydrogens (primary N) is 1. The fraction of sp³-hybridized carbons (Fsp3) is 0.429. The van der Waals surface area contributed by atoms with Crippen LogP contribution in [0.2, 0.25) is 0 Å². The summed E-state index contributed by atoms with van der Waals surface area (Å²) >= 11 is 0. The van der Waals surface area contributed by atoms with E-state index in [0.717, 1.165) is 12.1 Å². The van der Waals surface area contributed by atoms with E-state index in [1.54, 1.807) is 11.0 Å². The van der Waals surface area contributed by atoms with Gasteiger partial charge in [-0.05, 0) is 25.0 Å². The Hall–Kier alpha value is -1.59. The van der Waals surface area contributed by atoms with Gasteiger partial charge >= 0.3 is 0 Å². The van der Waals surface area contributed by atoms with Crippen molar-refractivity contribution >= 4 is 35.6 Å². The second-order valence-electron chi connectivity index (χ2n) is 4.67. The molecule has 0 radical (unpaired) electrons. The smallest absolute Gasteiger partial charge is 0.241 e. The van der Waals surface area contributed by atoms with Crippen LogP contribution >= 0.6 is 12.4 Å². The lowest BCUT2D eigenvalue weighted by molar-refractivity contribution is -0.118. The molecule has 1 fully saturated rings. The van der Waals surface area contributed by atoms with Gasteiger partial charge in [0.1, 0.15) is 0 Å². The van der Waals surface area contributed by atoms with Crippen LogP contribution in [0.5, 0.6) is 0 Å². The molecule has 20 heavy (non-hydrogen) atoms. The molecule has 2 rings (SSSR count). The minimum atomic E-state index is -0.526. The van der Waals surface area contributed by atoms with Gasteiger partial charge in [0.05, 0.1) is 17.4 Å². The van der Waals surface area contributed by atoms with Gasteiger partial charge in [-0.1, -0.05) is 19.1 Å². The molecule has 0 unspecified atom stereocenters. The standard InChI is InChI=1S/C14H19N3O2.ClH/c1-2-10(15)14(19)16-11-6-3-4-7-12(11)17-9-5-8-13(17)18;/h3-4,6-7,10H,2,5,8-9,15H2,1H3,(H,16,19);1H/t10-;/m0./s1. The molecule has 5 nitrogen and oxygen atoms in total. The van der Waals surface area contributed by atoms with Crippen molar-refractivity contribution < 1.29 is 9.59 Å². The SMILES string of the molecule is CC[C@H](N)C(=O)Nc1ccccc1N1CCCC1=O.Cl. The highest BCUT2D eigenvalue weighted by Gasteiger charge is 2.24. The second-order valence-corrected chi connectivity index (χ2v) is 4.67. The molecule has 110 valence electrons. The summed E-state index contributed by atoms with van der Waals surface area (Å²) in [6.07, 6.45) is 2.00. The molecule has 1 aromatic carbocycles. The fourth-order valence-electron chi connectivity index (χ4n) is 2.13. The van der Waals surface area contributed by atoms with Gasteiger partial charge in [0.25, 0.3) is 0 Å². The number of para-hydroxylation sites is 2. The van der Waals surface area contributed by atoms with E-state index >= 15 is 0 Å². The minimum absolute atomic E-state index is 0. The van der Waals surface area contributed by atoms with E-state index in [4.69, 9.17) is 5.73 Å². The summed E-state index contributed by atoms with van der Waals surface area (Å²) in [6, 6.07) is 6.80. The van der Waals surface area contributed by atoms with Gasteiger partial charge < -0.3 is 16.0 Å². The molecule has 0 saturated carbocycles. The molecule has 1 saturated heterocycles. The summed E-state index contributed by atoms with van der Waals surface area (Å²) in [5, 5.41) is 2.80. The maximum Gasteiger partial charge on any atom is 0.241 e. The number of hydrogen-bond donors (Lipinski definition) is 2. The van der Waals surface area contributed by atoms with Gasteiger partial charge in [-0.25, -0.2) is 0 Å². The maximum atomic E-state index is 11.9. The number of hydrogen-bond acceptors (Lipinski definition) is 3. The lowest BCUT2D eigenvalue weighted by Gasteiger charge is -2.20. The molecular weight excluding hydrogens is 278 g/mol. The van der Waals surface area contributed by atoms with Crippen LogP contribution in [0.4, 0.5) is 11.4 Å². The highest BCUT2D eigenvalue weighted by Crippen LogP contribution is 2.29. The van der Waals surface area contributed by atoms with Crippen LogP contribution < -0.4 is 16.0 Å². The minimum Gasteiger partial charge on any atom is -0.323 e. The second kappa shape index (κ2) is 7.26. The third-order valence-electron chi connectivity index (χ3n) is 3.30. The van der Waals surface area contributed by atoms with E-state index in [9.17, 15) is 9.59 Å². The fourth-order valence-corrected chi connectivity index (χ4v) is 2.13. The van der Waals surface area contributed by atoms with Crippen molar-refractivity contribution in [3.8, 4) is 0 Å². The Balaban J connectivity index is 0.00000200. The van der Waals surface area contributed by atoms with E-state index in [-0.39, 0.29) is 24.2 Å². The molecule has 0 bridgehead atoms. The largest absolute Gasteiger partial charge is 0.323 e. The van der Waals surface area contributed by atoms with Crippen LogP contribution in [0.25, 0.3) is 0 Å². The molecule has 1 aliphatic rings. The Morgan fingerprint density at radius 1 is 1.45 bits per heavy atom. The van der Waals surface area contributed by atoms with Crippen LogP contribution in [0.1, 0.15) is 26.2 Å². The van der Waals surface area contributed by atoms with Gasteiger partial charge in [0, 0.05) is 13.0 Å².